The van der Waals surface area contributed by atoms with Crippen LogP contribution in [0.15, 0.2) is 90.0 Å². The van der Waals surface area contributed by atoms with Gasteiger partial charge in [0.25, 0.3) is 0 Å². The second kappa shape index (κ2) is 7.20. The van der Waals surface area contributed by atoms with Crippen LogP contribution in [0.5, 0.6) is 5.75 Å². The lowest BCUT2D eigenvalue weighted by molar-refractivity contribution is 0.415. The molecule has 140 valence electrons. The minimum atomic E-state index is 0.729. The van der Waals surface area contributed by atoms with Crippen molar-refractivity contribution in [2.45, 2.75) is 0 Å². The van der Waals surface area contributed by atoms with Gasteiger partial charge in [0.1, 0.15) is 11.3 Å². The lowest BCUT2D eigenvalue weighted by atomic mass is 10.1. The lowest BCUT2D eigenvalue weighted by Gasteiger charge is -2.05. The highest BCUT2D eigenvalue weighted by molar-refractivity contribution is 5.89. The Kier molecular flexibility index (Phi) is 4.26. The minimum absolute atomic E-state index is 0.729. The van der Waals surface area contributed by atoms with E-state index in [9.17, 15) is 0 Å². The van der Waals surface area contributed by atoms with Crippen LogP contribution in [0.4, 0.5) is 0 Å². The molecule has 0 atom stereocenters. The average Bonchev–Trinajstić information content (AvgIpc) is 3.14. The Labute approximate surface area is 167 Å². The summed E-state index contributed by atoms with van der Waals surface area (Å²) < 4.78 is 7.08. The fourth-order valence-corrected chi connectivity index (χ4v) is 3.31. The predicted octanol–water partition coefficient (Wildman–Crippen LogP) is 5.14. The Bertz CT molecular complexity index is 1320. The summed E-state index contributed by atoms with van der Waals surface area (Å²) in [5.41, 5.74) is 6.24. The topological polar surface area (TPSA) is 52.3 Å². The van der Waals surface area contributed by atoms with E-state index in [4.69, 9.17) is 19.8 Å². The number of aromatic nitrogens is 3. The quantitative estimate of drug-likeness (QED) is 0.407. The SMILES string of the molecule is COc1ccc(/C=N/n2c(-c3ccccc3)cc3nc4ccccc4nc32)cc1. The number of hydrogen-bond donors (Lipinski definition) is 0. The van der Waals surface area contributed by atoms with Gasteiger partial charge in [-0.25, -0.2) is 14.6 Å². The molecule has 2 aromatic heterocycles. The number of para-hydroxylation sites is 2. The first-order valence-electron chi connectivity index (χ1n) is 9.34. The first-order valence-corrected chi connectivity index (χ1v) is 9.34. The summed E-state index contributed by atoms with van der Waals surface area (Å²) in [5.74, 6) is 0.816. The normalized spacial score (nSPS) is 11.5. The van der Waals surface area contributed by atoms with Crippen molar-refractivity contribution in [2.75, 3.05) is 7.11 Å². The molecule has 5 nitrogen and oxygen atoms in total. The van der Waals surface area contributed by atoms with Gasteiger partial charge in [0.2, 0.25) is 0 Å². The lowest BCUT2D eigenvalue weighted by Crippen LogP contribution is -1.96. The Morgan fingerprint density at radius 1 is 0.793 bits per heavy atom. The van der Waals surface area contributed by atoms with Crippen LogP contribution in [0.3, 0.4) is 0 Å². The van der Waals surface area contributed by atoms with Crippen molar-refractivity contribution in [3.05, 3.63) is 90.5 Å². The van der Waals surface area contributed by atoms with Gasteiger partial charge < -0.3 is 4.74 Å². The van der Waals surface area contributed by atoms with Crippen LogP contribution in [0, 0.1) is 0 Å². The fraction of sp³-hybridized carbons (Fsp3) is 0.0417. The first kappa shape index (κ1) is 17.1. The van der Waals surface area contributed by atoms with Crippen molar-refractivity contribution in [2.24, 2.45) is 5.10 Å². The van der Waals surface area contributed by atoms with Gasteiger partial charge in [0, 0.05) is 5.56 Å². The largest absolute Gasteiger partial charge is 0.497 e. The van der Waals surface area contributed by atoms with Crippen molar-refractivity contribution in [3.63, 3.8) is 0 Å². The number of nitrogens with zero attached hydrogens (tertiary/aromatic N) is 4. The van der Waals surface area contributed by atoms with E-state index in [1.165, 1.54) is 0 Å². The molecule has 0 aliphatic rings. The first-order chi connectivity index (χ1) is 14.3. The van der Waals surface area contributed by atoms with Crippen LogP contribution in [0.25, 0.3) is 33.5 Å². The summed E-state index contributed by atoms with van der Waals surface area (Å²) in [4.78, 5) is 9.62. The van der Waals surface area contributed by atoms with Gasteiger partial charge in [-0.3, -0.25) is 0 Å². The van der Waals surface area contributed by atoms with Crippen molar-refractivity contribution < 1.29 is 4.74 Å². The second-order valence-electron chi connectivity index (χ2n) is 6.65. The zero-order valence-corrected chi connectivity index (χ0v) is 15.9. The summed E-state index contributed by atoms with van der Waals surface area (Å²) in [5, 5.41) is 4.75. The number of ether oxygens (including phenoxy) is 1. The van der Waals surface area contributed by atoms with Crippen molar-refractivity contribution >= 4 is 28.4 Å². The maximum atomic E-state index is 5.23. The van der Waals surface area contributed by atoms with E-state index >= 15 is 0 Å². The highest BCUT2D eigenvalue weighted by atomic mass is 16.5. The summed E-state index contributed by atoms with van der Waals surface area (Å²) in [6.45, 7) is 0. The maximum absolute atomic E-state index is 5.23. The molecule has 29 heavy (non-hydrogen) atoms. The summed E-state index contributed by atoms with van der Waals surface area (Å²) in [6.07, 6.45) is 1.82. The molecular formula is C24H18N4O. The molecule has 0 unspecified atom stereocenters. The smallest absolute Gasteiger partial charge is 0.180 e. The van der Waals surface area contributed by atoms with E-state index in [1.54, 1.807) is 7.11 Å². The standard InChI is InChI=1S/C24H18N4O/c1-29-19-13-11-17(12-14-19)16-25-28-23(18-7-3-2-4-8-18)15-22-24(28)27-21-10-6-5-9-20(21)26-22/h2-16H,1H3/b25-16+. The molecule has 0 aliphatic heterocycles. The van der Waals surface area contributed by atoms with Crippen LogP contribution in [-0.2, 0) is 0 Å². The number of hydrogen-bond acceptors (Lipinski definition) is 4. The minimum Gasteiger partial charge on any atom is -0.497 e. The number of fused-ring (bicyclic) bond motifs is 2. The molecule has 0 N–H and O–H groups in total. The fourth-order valence-electron chi connectivity index (χ4n) is 3.31. The Balaban J connectivity index is 1.69. The highest BCUT2D eigenvalue weighted by Gasteiger charge is 2.13. The van der Waals surface area contributed by atoms with E-state index in [0.29, 0.717) is 0 Å². The van der Waals surface area contributed by atoms with E-state index in [0.717, 1.165) is 44.8 Å². The highest BCUT2D eigenvalue weighted by Crippen LogP contribution is 2.27. The van der Waals surface area contributed by atoms with Gasteiger partial charge >= 0.3 is 0 Å². The van der Waals surface area contributed by atoms with Crippen LogP contribution in [0.2, 0.25) is 0 Å². The van der Waals surface area contributed by atoms with E-state index in [2.05, 4.69) is 12.1 Å². The molecule has 0 spiro atoms. The van der Waals surface area contributed by atoms with Gasteiger partial charge in [0.15, 0.2) is 5.65 Å². The van der Waals surface area contributed by atoms with Crippen molar-refractivity contribution in [1.82, 2.24) is 14.6 Å². The van der Waals surface area contributed by atoms with Crippen LogP contribution >= 0.6 is 0 Å². The third-order valence-corrected chi connectivity index (χ3v) is 4.79. The van der Waals surface area contributed by atoms with Crippen LogP contribution in [0.1, 0.15) is 5.56 Å². The molecule has 2 heterocycles. The van der Waals surface area contributed by atoms with Crippen molar-refractivity contribution in [1.29, 1.82) is 0 Å². The zero-order valence-electron chi connectivity index (χ0n) is 15.9. The molecule has 0 amide bonds. The molecule has 5 heteroatoms. The molecule has 0 aliphatic carbocycles. The monoisotopic (exact) mass is 378 g/mol. The van der Waals surface area contributed by atoms with E-state index in [-0.39, 0.29) is 0 Å². The molecule has 0 bridgehead atoms. The molecule has 0 radical (unpaired) electrons. The third-order valence-electron chi connectivity index (χ3n) is 4.79. The van der Waals surface area contributed by atoms with Gasteiger partial charge in [-0.05, 0) is 48.0 Å². The molecule has 0 fully saturated rings. The molecular weight excluding hydrogens is 360 g/mol. The average molecular weight is 378 g/mol. The molecule has 5 rings (SSSR count). The second-order valence-corrected chi connectivity index (χ2v) is 6.65. The molecule has 0 saturated heterocycles. The summed E-state index contributed by atoms with van der Waals surface area (Å²) in [7, 11) is 1.66. The summed E-state index contributed by atoms with van der Waals surface area (Å²) >= 11 is 0. The third kappa shape index (κ3) is 3.23. The Morgan fingerprint density at radius 2 is 1.48 bits per heavy atom. The zero-order chi connectivity index (χ0) is 19.6. The van der Waals surface area contributed by atoms with Crippen LogP contribution < -0.4 is 4.74 Å². The van der Waals surface area contributed by atoms with Gasteiger partial charge in [-0.1, -0.05) is 42.5 Å². The van der Waals surface area contributed by atoms with Crippen molar-refractivity contribution in [3.8, 4) is 17.0 Å². The number of methoxy groups -OCH3 is 1. The molecule has 0 saturated carbocycles. The van der Waals surface area contributed by atoms with Crippen LogP contribution in [-0.4, -0.2) is 28.0 Å². The van der Waals surface area contributed by atoms with Gasteiger partial charge in [-0.15, -0.1) is 0 Å². The summed E-state index contributed by atoms with van der Waals surface area (Å²) in [6, 6.07) is 27.8. The maximum Gasteiger partial charge on any atom is 0.180 e. The van der Waals surface area contributed by atoms with E-state index < -0.39 is 0 Å². The number of rotatable bonds is 4. The predicted molar refractivity (Wildman–Crippen MR) is 116 cm³/mol. The van der Waals surface area contributed by atoms with E-state index in [1.807, 2.05) is 83.7 Å². The molecule has 5 aromatic rings. The number of benzene rings is 3. The Morgan fingerprint density at radius 3 is 2.21 bits per heavy atom. The van der Waals surface area contributed by atoms with Gasteiger partial charge in [-0.2, -0.15) is 5.10 Å². The van der Waals surface area contributed by atoms with Gasteiger partial charge in [0.05, 0.1) is 30.1 Å². The Hall–Kier alpha value is -3.99. The molecule has 3 aromatic carbocycles.